The number of aromatic nitrogens is 1. The van der Waals surface area contributed by atoms with Gasteiger partial charge in [0.25, 0.3) is 0 Å². The summed E-state index contributed by atoms with van der Waals surface area (Å²) in [7, 11) is 0. The molecule has 2 rings (SSSR count). The van der Waals surface area contributed by atoms with Gasteiger partial charge in [0.05, 0.1) is 5.69 Å². The number of ether oxygens (including phenoxy) is 1. The molecular weight excluding hydrogens is 247 g/mol. The number of aldehydes is 1. The Kier molecular flexibility index (Phi) is 3.10. The first-order valence-corrected chi connectivity index (χ1v) is 4.98. The van der Waals surface area contributed by atoms with Crippen LogP contribution in [0.4, 0.5) is 13.2 Å². The summed E-state index contributed by atoms with van der Waals surface area (Å²) >= 11 is 0. The third kappa shape index (κ3) is 2.71. The van der Waals surface area contributed by atoms with Crippen LogP contribution in [0.2, 0.25) is 0 Å². The van der Waals surface area contributed by atoms with Gasteiger partial charge < -0.3 is 9.30 Å². The molecule has 0 aliphatic rings. The minimum Gasteiger partial charge on any atom is -0.406 e. The van der Waals surface area contributed by atoms with E-state index in [1.54, 1.807) is 22.9 Å². The van der Waals surface area contributed by atoms with Gasteiger partial charge in [-0.1, -0.05) is 0 Å². The molecule has 0 bridgehead atoms. The van der Waals surface area contributed by atoms with Crippen molar-refractivity contribution in [2.75, 3.05) is 0 Å². The lowest BCUT2D eigenvalue weighted by Crippen LogP contribution is -2.17. The Labute approximate surface area is 100 Å². The highest BCUT2D eigenvalue weighted by atomic mass is 19.4. The zero-order valence-electron chi connectivity index (χ0n) is 9.02. The van der Waals surface area contributed by atoms with Gasteiger partial charge in [-0.25, -0.2) is 0 Å². The highest BCUT2D eigenvalue weighted by molar-refractivity contribution is 5.73. The summed E-state index contributed by atoms with van der Waals surface area (Å²) in [6.07, 6.45) is -2.40. The van der Waals surface area contributed by atoms with Gasteiger partial charge in [-0.3, -0.25) is 4.79 Å². The zero-order chi connectivity index (χ0) is 13.2. The third-order valence-electron chi connectivity index (χ3n) is 2.25. The Morgan fingerprint density at radius 1 is 1.11 bits per heavy atom. The summed E-state index contributed by atoms with van der Waals surface area (Å²) < 4.78 is 41.2. The molecule has 1 heterocycles. The van der Waals surface area contributed by atoms with E-state index in [9.17, 15) is 18.0 Å². The Bertz CT molecular complexity index is 543. The monoisotopic (exact) mass is 255 g/mol. The molecule has 0 aliphatic carbocycles. The van der Waals surface area contributed by atoms with Gasteiger partial charge in [0.2, 0.25) is 0 Å². The molecule has 1 aromatic heterocycles. The molecule has 0 amide bonds. The molecule has 0 saturated heterocycles. The average molecular weight is 255 g/mol. The minimum atomic E-state index is -4.71. The van der Waals surface area contributed by atoms with E-state index in [2.05, 4.69) is 4.74 Å². The van der Waals surface area contributed by atoms with Crippen LogP contribution in [0, 0.1) is 0 Å². The van der Waals surface area contributed by atoms with Crippen LogP contribution in [-0.4, -0.2) is 17.2 Å². The van der Waals surface area contributed by atoms with Crippen molar-refractivity contribution in [2.24, 2.45) is 0 Å². The van der Waals surface area contributed by atoms with Crippen LogP contribution in [0.15, 0.2) is 42.6 Å². The maximum atomic E-state index is 12.0. The fourth-order valence-electron chi connectivity index (χ4n) is 1.53. The van der Waals surface area contributed by atoms with Crippen molar-refractivity contribution in [2.45, 2.75) is 6.36 Å². The Balaban J connectivity index is 2.25. The fraction of sp³-hybridized carbons (Fsp3) is 0.0833. The number of carbonyl (C=O) groups excluding carboxylic acids is 1. The summed E-state index contributed by atoms with van der Waals surface area (Å²) in [6, 6.07) is 8.54. The highest BCUT2D eigenvalue weighted by Crippen LogP contribution is 2.24. The van der Waals surface area contributed by atoms with Crippen LogP contribution < -0.4 is 4.74 Å². The molecule has 0 atom stereocenters. The van der Waals surface area contributed by atoms with Crippen LogP contribution in [0.25, 0.3) is 5.69 Å². The maximum Gasteiger partial charge on any atom is 0.573 e. The molecular formula is C12H8F3NO2. The number of hydrogen-bond acceptors (Lipinski definition) is 2. The lowest BCUT2D eigenvalue weighted by Gasteiger charge is -2.10. The van der Waals surface area contributed by atoms with Crippen molar-refractivity contribution in [3.8, 4) is 11.4 Å². The highest BCUT2D eigenvalue weighted by Gasteiger charge is 2.30. The Hall–Kier alpha value is -2.24. The molecule has 3 nitrogen and oxygen atoms in total. The van der Waals surface area contributed by atoms with E-state index in [0.717, 1.165) is 0 Å². The van der Waals surface area contributed by atoms with E-state index < -0.39 is 6.36 Å². The van der Waals surface area contributed by atoms with Crippen molar-refractivity contribution >= 4 is 6.29 Å². The average Bonchev–Trinajstić information content (AvgIpc) is 2.76. The van der Waals surface area contributed by atoms with Gasteiger partial charge in [0.15, 0.2) is 6.29 Å². The summed E-state index contributed by atoms with van der Waals surface area (Å²) in [5.41, 5.74) is 0.996. The fourth-order valence-corrected chi connectivity index (χ4v) is 1.53. The zero-order valence-corrected chi connectivity index (χ0v) is 9.02. The number of alkyl halides is 3. The number of rotatable bonds is 3. The van der Waals surface area contributed by atoms with Gasteiger partial charge in [-0.2, -0.15) is 0 Å². The first-order chi connectivity index (χ1) is 8.49. The van der Waals surface area contributed by atoms with Gasteiger partial charge >= 0.3 is 6.36 Å². The van der Waals surface area contributed by atoms with Gasteiger partial charge in [0.1, 0.15) is 5.75 Å². The summed E-state index contributed by atoms with van der Waals surface area (Å²) in [5.74, 6) is -0.300. The van der Waals surface area contributed by atoms with Crippen LogP contribution in [-0.2, 0) is 0 Å². The van der Waals surface area contributed by atoms with E-state index in [-0.39, 0.29) is 5.75 Å². The number of nitrogens with zero attached hydrogens (tertiary/aromatic N) is 1. The predicted molar refractivity (Wildman–Crippen MR) is 57.8 cm³/mol. The second-order valence-electron chi connectivity index (χ2n) is 3.46. The Morgan fingerprint density at radius 3 is 2.33 bits per heavy atom. The molecule has 0 spiro atoms. The van der Waals surface area contributed by atoms with Crippen LogP contribution in [0.3, 0.4) is 0 Å². The van der Waals surface area contributed by atoms with Crippen LogP contribution in [0.1, 0.15) is 10.5 Å². The van der Waals surface area contributed by atoms with E-state index in [1.165, 1.54) is 24.3 Å². The molecule has 0 radical (unpaired) electrons. The van der Waals surface area contributed by atoms with Gasteiger partial charge in [-0.05, 0) is 36.4 Å². The number of carbonyl (C=O) groups is 1. The summed E-state index contributed by atoms with van der Waals surface area (Å²) in [5, 5.41) is 0. The normalized spacial score (nSPS) is 11.3. The van der Waals surface area contributed by atoms with Crippen molar-refractivity contribution < 1.29 is 22.7 Å². The third-order valence-corrected chi connectivity index (χ3v) is 2.25. The van der Waals surface area contributed by atoms with E-state index in [4.69, 9.17) is 0 Å². The lowest BCUT2D eigenvalue weighted by atomic mass is 10.3. The molecule has 18 heavy (non-hydrogen) atoms. The number of hydrogen-bond donors (Lipinski definition) is 0. The second-order valence-corrected chi connectivity index (χ2v) is 3.46. The smallest absolute Gasteiger partial charge is 0.406 e. The van der Waals surface area contributed by atoms with E-state index in [0.29, 0.717) is 17.7 Å². The largest absolute Gasteiger partial charge is 0.573 e. The van der Waals surface area contributed by atoms with Gasteiger partial charge in [0, 0.05) is 11.9 Å². The molecule has 6 heteroatoms. The molecule has 0 saturated carbocycles. The van der Waals surface area contributed by atoms with E-state index in [1.807, 2.05) is 0 Å². The first kappa shape index (κ1) is 12.2. The maximum absolute atomic E-state index is 12.0. The van der Waals surface area contributed by atoms with Crippen LogP contribution >= 0.6 is 0 Å². The van der Waals surface area contributed by atoms with Crippen LogP contribution in [0.5, 0.6) is 5.75 Å². The quantitative estimate of drug-likeness (QED) is 0.789. The summed E-state index contributed by atoms with van der Waals surface area (Å²) in [6.45, 7) is 0. The lowest BCUT2D eigenvalue weighted by molar-refractivity contribution is -0.274. The molecule has 1 aromatic carbocycles. The van der Waals surface area contributed by atoms with Crippen molar-refractivity contribution in [1.82, 2.24) is 4.57 Å². The topological polar surface area (TPSA) is 31.2 Å². The molecule has 2 aromatic rings. The number of benzene rings is 1. The van der Waals surface area contributed by atoms with Crippen molar-refractivity contribution in [3.63, 3.8) is 0 Å². The molecule has 94 valence electrons. The van der Waals surface area contributed by atoms with Crippen molar-refractivity contribution in [3.05, 3.63) is 48.3 Å². The standard InChI is InChI=1S/C12H8F3NO2/c13-12(14,15)18-11-5-3-9(4-6-11)16-7-1-2-10(16)8-17/h1-8H. The SMILES string of the molecule is O=Cc1cccn1-c1ccc(OC(F)(F)F)cc1. The predicted octanol–water partition coefficient (Wildman–Crippen LogP) is 3.19. The molecule has 0 fully saturated rings. The first-order valence-electron chi connectivity index (χ1n) is 4.98. The van der Waals surface area contributed by atoms with Gasteiger partial charge in [-0.15, -0.1) is 13.2 Å². The summed E-state index contributed by atoms with van der Waals surface area (Å²) in [4.78, 5) is 10.7. The minimum absolute atomic E-state index is 0.300. The second kappa shape index (κ2) is 4.56. The molecule has 0 N–H and O–H groups in total. The number of halogens is 3. The molecule has 0 unspecified atom stereocenters. The molecule has 0 aliphatic heterocycles. The Morgan fingerprint density at radius 2 is 1.78 bits per heavy atom. The van der Waals surface area contributed by atoms with E-state index >= 15 is 0 Å². The van der Waals surface area contributed by atoms with Crippen molar-refractivity contribution in [1.29, 1.82) is 0 Å².